The lowest BCUT2D eigenvalue weighted by Crippen LogP contribution is -2.41. The van der Waals surface area contributed by atoms with E-state index in [-0.39, 0.29) is 11.5 Å². The largest absolute Gasteiger partial charge is 0.342 e. The molecular formula is C24H33N5O2. The first-order chi connectivity index (χ1) is 15.1. The summed E-state index contributed by atoms with van der Waals surface area (Å²) in [5.74, 6) is 1.53. The molecule has 6 rings (SSSR count). The number of carbonyl (C=O) groups excluding carboxylic acids is 1. The van der Waals surface area contributed by atoms with E-state index in [0.29, 0.717) is 23.8 Å². The number of fused-ring (bicyclic) bond motifs is 2. The standard InChI is InChI=1S/C24H33N5O2/c1-15-12-18(15)23(30)27-9-6-16(7-10-27)21-13-22-25-20-8-11-28(17-4-2-3-5-17)14-19(20)24(31)29(22)26-21/h13,15-18,26H,2-12,14H2,1H3/t15-,18-/m1/s1. The van der Waals surface area contributed by atoms with Crippen molar-refractivity contribution in [3.63, 3.8) is 0 Å². The smallest absolute Gasteiger partial charge is 0.277 e. The normalized spacial score (nSPS) is 27.7. The summed E-state index contributed by atoms with van der Waals surface area (Å²) in [6, 6.07) is 2.70. The lowest BCUT2D eigenvalue weighted by atomic mass is 9.93. The summed E-state index contributed by atoms with van der Waals surface area (Å²) in [5, 5.41) is 3.37. The van der Waals surface area contributed by atoms with Gasteiger partial charge in [-0.25, -0.2) is 9.50 Å². The van der Waals surface area contributed by atoms with Gasteiger partial charge in [-0.2, -0.15) is 0 Å². The highest BCUT2D eigenvalue weighted by Gasteiger charge is 2.42. The monoisotopic (exact) mass is 423 g/mol. The second-order valence-corrected chi connectivity index (χ2v) is 10.3. The molecular weight excluding hydrogens is 390 g/mol. The predicted octanol–water partition coefficient (Wildman–Crippen LogP) is 2.69. The van der Waals surface area contributed by atoms with Crippen molar-refractivity contribution in [2.45, 2.75) is 76.8 Å². The fourth-order valence-corrected chi connectivity index (χ4v) is 6.12. The van der Waals surface area contributed by atoms with Crippen molar-refractivity contribution in [1.82, 2.24) is 24.4 Å². The van der Waals surface area contributed by atoms with Crippen molar-refractivity contribution in [3.05, 3.63) is 33.4 Å². The van der Waals surface area contributed by atoms with Crippen molar-refractivity contribution in [1.29, 1.82) is 0 Å². The molecule has 2 atom stereocenters. The average Bonchev–Trinajstić information content (AvgIpc) is 3.18. The lowest BCUT2D eigenvalue weighted by molar-refractivity contribution is -0.133. The van der Waals surface area contributed by atoms with Crippen LogP contribution in [0.2, 0.25) is 0 Å². The van der Waals surface area contributed by atoms with Crippen LogP contribution >= 0.6 is 0 Å². The highest BCUT2D eigenvalue weighted by Crippen LogP contribution is 2.40. The van der Waals surface area contributed by atoms with E-state index in [0.717, 1.165) is 74.5 Å². The van der Waals surface area contributed by atoms with E-state index < -0.39 is 0 Å². The number of H-pyrrole nitrogens is 1. The Kier molecular flexibility index (Phi) is 4.70. The van der Waals surface area contributed by atoms with Gasteiger partial charge >= 0.3 is 0 Å². The first-order valence-electron chi connectivity index (χ1n) is 12.2. The van der Waals surface area contributed by atoms with Crippen molar-refractivity contribution in [2.24, 2.45) is 11.8 Å². The molecule has 2 aliphatic carbocycles. The molecule has 3 fully saturated rings. The van der Waals surface area contributed by atoms with Crippen LogP contribution in [0.3, 0.4) is 0 Å². The molecule has 166 valence electrons. The van der Waals surface area contributed by atoms with Crippen LogP contribution in [0.1, 0.15) is 74.7 Å². The molecule has 4 heterocycles. The molecule has 0 unspecified atom stereocenters. The number of amides is 1. The molecule has 7 heteroatoms. The Bertz CT molecular complexity index is 1060. The Morgan fingerprint density at radius 2 is 1.87 bits per heavy atom. The maximum absolute atomic E-state index is 13.3. The van der Waals surface area contributed by atoms with Gasteiger partial charge in [-0.05, 0) is 38.0 Å². The molecule has 0 bridgehead atoms. The van der Waals surface area contributed by atoms with Crippen LogP contribution < -0.4 is 5.56 Å². The van der Waals surface area contributed by atoms with Gasteiger partial charge in [0, 0.05) is 62.2 Å². The minimum Gasteiger partial charge on any atom is -0.342 e. The second kappa shape index (κ2) is 7.47. The van der Waals surface area contributed by atoms with Crippen LogP contribution in [0.4, 0.5) is 0 Å². The summed E-state index contributed by atoms with van der Waals surface area (Å²) in [4.78, 5) is 35.3. The molecule has 1 N–H and O–H groups in total. The molecule has 0 radical (unpaired) electrons. The fourth-order valence-electron chi connectivity index (χ4n) is 6.12. The molecule has 31 heavy (non-hydrogen) atoms. The molecule has 7 nitrogen and oxygen atoms in total. The third kappa shape index (κ3) is 3.41. The third-order valence-electron chi connectivity index (χ3n) is 8.32. The van der Waals surface area contributed by atoms with Crippen molar-refractivity contribution < 1.29 is 4.79 Å². The molecule has 2 aromatic rings. The van der Waals surface area contributed by atoms with E-state index in [1.54, 1.807) is 4.52 Å². The number of rotatable bonds is 3. The summed E-state index contributed by atoms with van der Waals surface area (Å²) in [5.41, 5.74) is 3.78. The Balaban J connectivity index is 1.20. The number of aromatic nitrogens is 3. The fraction of sp³-hybridized carbons (Fsp3) is 0.708. The molecule has 4 aliphatic rings. The zero-order chi connectivity index (χ0) is 21.1. The second-order valence-electron chi connectivity index (χ2n) is 10.3. The molecule has 0 aromatic carbocycles. The summed E-state index contributed by atoms with van der Waals surface area (Å²) < 4.78 is 1.66. The molecule has 0 spiro atoms. The van der Waals surface area contributed by atoms with E-state index >= 15 is 0 Å². The molecule has 1 amide bonds. The van der Waals surface area contributed by atoms with Gasteiger partial charge in [0.25, 0.3) is 5.56 Å². The highest BCUT2D eigenvalue weighted by atomic mass is 16.2. The predicted molar refractivity (Wildman–Crippen MR) is 118 cm³/mol. The van der Waals surface area contributed by atoms with Gasteiger partial charge < -0.3 is 4.90 Å². The van der Waals surface area contributed by atoms with E-state index in [1.165, 1.54) is 25.7 Å². The lowest BCUT2D eigenvalue weighted by Gasteiger charge is -2.32. The van der Waals surface area contributed by atoms with E-state index in [2.05, 4.69) is 23.0 Å². The number of carbonyl (C=O) groups is 1. The van der Waals surface area contributed by atoms with Crippen molar-refractivity contribution in [3.8, 4) is 0 Å². The number of aromatic amines is 1. The Labute approximate surface area is 182 Å². The number of hydrogen-bond donors (Lipinski definition) is 1. The zero-order valence-corrected chi connectivity index (χ0v) is 18.5. The Morgan fingerprint density at radius 3 is 2.58 bits per heavy atom. The Hall–Kier alpha value is -2.15. The van der Waals surface area contributed by atoms with Gasteiger partial charge in [-0.15, -0.1) is 0 Å². The SMILES string of the molecule is C[C@@H]1C[C@H]1C(=O)N1CCC(c2cc3nc4c(c(=O)n3[nH]2)CN(C2CCCC2)CC4)CC1. The Morgan fingerprint density at radius 1 is 1.13 bits per heavy atom. The van der Waals surface area contributed by atoms with Crippen molar-refractivity contribution in [2.75, 3.05) is 19.6 Å². The van der Waals surface area contributed by atoms with E-state index in [1.807, 2.05) is 4.90 Å². The maximum atomic E-state index is 13.3. The third-order valence-corrected chi connectivity index (χ3v) is 8.32. The highest BCUT2D eigenvalue weighted by molar-refractivity contribution is 5.81. The van der Waals surface area contributed by atoms with Crippen LogP contribution in [0.15, 0.2) is 10.9 Å². The minimum absolute atomic E-state index is 0.0734. The van der Waals surface area contributed by atoms with Gasteiger partial charge in [0.2, 0.25) is 5.91 Å². The van der Waals surface area contributed by atoms with Crippen molar-refractivity contribution >= 4 is 11.6 Å². The number of hydrogen-bond acceptors (Lipinski definition) is 4. The molecule has 2 aliphatic heterocycles. The number of piperidine rings is 1. The van der Waals surface area contributed by atoms with Crippen LogP contribution in [-0.2, 0) is 17.8 Å². The van der Waals surface area contributed by atoms with Gasteiger partial charge in [-0.3, -0.25) is 19.6 Å². The molecule has 2 aromatic heterocycles. The van der Waals surface area contributed by atoms with Gasteiger partial charge in [0.05, 0.1) is 11.3 Å². The molecule has 1 saturated heterocycles. The first-order valence-corrected chi connectivity index (χ1v) is 12.2. The first kappa shape index (κ1) is 19.5. The van der Waals surface area contributed by atoms with Crippen LogP contribution in [0.25, 0.3) is 5.65 Å². The summed E-state index contributed by atoms with van der Waals surface area (Å²) in [6.45, 7) is 5.55. The van der Waals surface area contributed by atoms with E-state index in [9.17, 15) is 9.59 Å². The summed E-state index contributed by atoms with van der Waals surface area (Å²) in [7, 11) is 0. The number of nitrogens with one attached hydrogen (secondary N) is 1. The minimum atomic E-state index is 0.0734. The van der Waals surface area contributed by atoms with Gasteiger partial charge in [0.15, 0.2) is 5.65 Å². The number of likely N-dealkylation sites (tertiary alicyclic amines) is 1. The summed E-state index contributed by atoms with van der Waals surface area (Å²) >= 11 is 0. The van der Waals surface area contributed by atoms with Crippen LogP contribution in [-0.4, -0.2) is 56.0 Å². The average molecular weight is 424 g/mol. The topological polar surface area (TPSA) is 73.7 Å². The quantitative estimate of drug-likeness (QED) is 0.824. The molecule has 2 saturated carbocycles. The summed E-state index contributed by atoms with van der Waals surface area (Å²) in [6.07, 6.45) is 8.98. The zero-order valence-electron chi connectivity index (χ0n) is 18.5. The van der Waals surface area contributed by atoms with Gasteiger partial charge in [0.1, 0.15) is 0 Å². The number of nitrogens with zero attached hydrogens (tertiary/aromatic N) is 4. The van der Waals surface area contributed by atoms with Crippen LogP contribution in [0, 0.1) is 11.8 Å². The van der Waals surface area contributed by atoms with E-state index in [4.69, 9.17) is 4.98 Å². The van der Waals surface area contributed by atoms with Crippen LogP contribution in [0.5, 0.6) is 0 Å². The maximum Gasteiger partial charge on any atom is 0.277 e. The van der Waals surface area contributed by atoms with Gasteiger partial charge in [-0.1, -0.05) is 19.8 Å².